The van der Waals surface area contributed by atoms with Gasteiger partial charge in [0.25, 0.3) is 0 Å². The van der Waals surface area contributed by atoms with Crippen LogP contribution < -0.4 is 0 Å². The van der Waals surface area contributed by atoms with E-state index in [1.807, 2.05) is 84.9 Å². The lowest BCUT2D eigenvalue weighted by atomic mass is 9.94. The van der Waals surface area contributed by atoms with Gasteiger partial charge >= 0.3 is 0 Å². The first-order valence-electron chi connectivity index (χ1n) is 16.0. The van der Waals surface area contributed by atoms with Crippen LogP contribution in [-0.2, 0) is 0 Å². The molecule has 5 nitrogen and oxygen atoms in total. The first kappa shape index (κ1) is 28.6. The van der Waals surface area contributed by atoms with Gasteiger partial charge < -0.3 is 0 Å². The van der Waals surface area contributed by atoms with Crippen LogP contribution >= 0.6 is 0 Å². The predicted octanol–water partition coefficient (Wildman–Crippen LogP) is 10.6. The number of hydrogen-bond acceptors (Lipinski definition) is 5. The van der Waals surface area contributed by atoms with E-state index in [1.54, 1.807) is 12.3 Å². The quantitative estimate of drug-likeness (QED) is 0.140. The molecule has 0 N–H and O–H groups in total. The Morgan fingerprint density at radius 1 is 0.388 bits per heavy atom. The Kier molecular flexibility index (Phi) is 6.91. The molecular formula is C43H26FN5. The number of rotatable bonds is 5. The van der Waals surface area contributed by atoms with Crippen molar-refractivity contribution < 1.29 is 4.39 Å². The maximum absolute atomic E-state index is 14.1. The highest BCUT2D eigenvalue weighted by atomic mass is 19.1. The van der Waals surface area contributed by atoms with Crippen molar-refractivity contribution in [1.29, 1.82) is 0 Å². The van der Waals surface area contributed by atoms with Gasteiger partial charge in [-0.3, -0.25) is 4.98 Å². The number of pyridine rings is 2. The third kappa shape index (κ3) is 5.35. The standard InChI is InChI=1S/C43H26FN5/c44-35-19-20-38-33(25-35)24-34-26-37(36-18-9-21-45-40(36)39(34)46-38)31-16-7-14-29(22-31)30-15-8-17-32(23-30)43-48-41(27-10-3-1-4-11-27)47-42(49-43)28-12-5-2-6-13-28/h1-26H. The molecule has 0 unspecified atom stereocenters. The maximum atomic E-state index is 14.1. The van der Waals surface area contributed by atoms with Crippen molar-refractivity contribution >= 4 is 32.7 Å². The summed E-state index contributed by atoms with van der Waals surface area (Å²) in [4.78, 5) is 24.3. The molecule has 0 saturated heterocycles. The van der Waals surface area contributed by atoms with Gasteiger partial charge in [-0.1, -0.05) is 103 Å². The summed E-state index contributed by atoms with van der Waals surface area (Å²) in [6.07, 6.45) is 1.79. The third-order valence-electron chi connectivity index (χ3n) is 8.76. The molecule has 9 rings (SSSR count). The molecule has 0 aliphatic carbocycles. The van der Waals surface area contributed by atoms with Gasteiger partial charge in [-0.2, -0.15) is 0 Å². The molecule has 0 amide bonds. The van der Waals surface area contributed by atoms with E-state index in [4.69, 9.17) is 24.9 Å². The van der Waals surface area contributed by atoms with Gasteiger partial charge in [0.15, 0.2) is 17.5 Å². The lowest BCUT2D eigenvalue weighted by molar-refractivity contribution is 0.629. The van der Waals surface area contributed by atoms with Crippen LogP contribution in [0.2, 0.25) is 0 Å². The molecule has 3 aromatic heterocycles. The van der Waals surface area contributed by atoms with Gasteiger partial charge in [-0.15, -0.1) is 0 Å². The van der Waals surface area contributed by atoms with Crippen LogP contribution in [0.5, 0.6) is 0 Å². The Morgan fingerprint density at radius 3 is 1.67 bits per heavy atom. The monoisotopic (exact) mass is 631 g/mol. The summed E-state index contributed by atoms with van der Waals surface area (Å²) in [6.45, 7) is 0. The smallest absolute Gasteiger partial charge is 0.164 e. The number of benzene rings is 6. The van der Waals surface area contributed by atoms with Crippen molar-refractivity contribution in [3.8, 4) is 56.4 Å². The second-order valence-electron chi connectivity index (χ2n) is 11.9. The Labute approximate surface area is 281 Å². The molecular weight excluding hydrogens is 606 g/mol. The molecule has 0 aliphatic rings. The SMILES string of the molecule is Fc1ccc2nc3c(cc(-c4cccc(-c5cccc(-c6nc(-c7ccccc7)nc(-c7ccccc7)n6)c5)c4)c4cccnc43)cc2c1. The van der Waals surface area contributed by atoms with Gasteiger partial charge in [0.1, 0.15) is 5.82 Å². The van der Waals surface area contributed by atoms with E-state index in [1.165, 1.54) is 12.1 Å². The van der Waals surface area contributed by atoms with Crippen molar-refractivity contribution in [3.05, 3.63) is 164 Å². The fourth-order valence-electron chi connectivity index (χ4n) is 6.39. The Bertz CT molecular complexity index is 2620. The minimum Gasteiger partial charge on any atom is -0.254 e. The van der Waals surface area contributed by atoms with E-state index >= 15 is 0 Å². The van der Waals surface area contributed by atoms with Crippen molar-refractivity contribution in [2.75, 3.05) is 0 Å². The van der Waals surface area contributed by atoms with Crippen molar-refractivity contribution in [1.82, 2.24) is 24.9 Å². The molecule has 0 spiro atoms. The van der Waals surface area contributed by atoms with E-state index < -0.39 is 0 Å². The van der Waals surface area contributed by atoms with Crippen LogP contribution in [0.25, 0.3) is 89.1 Å². The average Bonchev–Trinajstić information content (AvgIpc) is 3.17. The molecule has 0 radical (unpaired) electrons. The largest absolute Gasteiger partial charge is 0.254 e. The minimum atomic E-state index is -0.285. The van der Waals surface area contributed by atoms with Gasteiger partial charge in [0, 0.05) is 39.0 Å². The molecule has 0 fully saturated rings. The van der Waals surface area contributed by atoms with Crippen LogP contribution in [0.15, 0.2) is 158 Å². The molecule has 6 aromatic carbocycles. The molecule has 230 valence electrons. The zero-order valence-corrected chi connectivity index (χ0v) is 26.1. The lowest BCUT2D eigenvalue weighted by Crippen LogP contribution is -2.00. The molecule has 0 saturated carbocycles. The Morgan fingerprint density at radius 2 is 0.980 bits per heavy atom. The van der Waals surface area contributed by atoms with Crippen molar-refractivity contribution in [2.45, 2.75) is 0 Å². The highest BCUT2D eigenvalue weighted by Gasteiger charge is 2.15. The highest BCUT2D eigenvalue weighted by molar-refractivity contribution is 6.12. The molecule has 6 heteroatoms. The number of nitrogens with zero attached hydrogens (tertiary/aromatic N) is 5. The van der Waals surface area contributed by atoms with Crippen LogP contribution in [0, 0.1) is 5.82 Å². The highest BCUT2D eigenvalue weighted by Crippen LogP contribution is 2.37. The van der Waals surface area contributed by atoms with Gasteiger partial charge in [0.2, 0.25) is 0 Å². The normalized spacial score (nSPS) is 11.4. The average molecular weight is 632 g/mol. The summed E-state index contributed by atoms with van der Waals surface area (Å²) in [5.41, 5.74) is 9.25. The second-order valence-corrected chi connectivity index (χ2v) is 11.9. The third-order valence-corrected chi connectivity index (χ3v) is 8.76. The van der Waals surface area contributed by atoms with E-state index in [-0.39, 0.29) is 5.82 Å². The Balaban J connectivity index is 1.16. The number of halogens is 1. The molecule has 49 heavy (non-hydrogen) atoms. The molecule has 9 aromatic rings. The fraction of sp³-hybridized carbons (Fsp3) is 0. The second kappa shape index (κ2) is 11.9. The van der Waals surface area contributed by atoms with E-state index in [0.29, 0.717) is 17.5 Å². The summed E-state index contributed by atoms with van der Waals surface area (Å²) in [5, 5.41) is 2.66. The van der Waals surface area contributed by atoms with E-state index in [2.05, 4.69) is 48.5 Å². The van der Waals surface area contributed by atoms with Crippen LogP contribution in [-0.4, -0.2) is 24.9 Å². The van der Waals surface area contributed by atoms with Gasteiger partial charge in [-0.05, 0) is 70.8 Å². The van der Waals surface area contributed by atoms with Gasteiger partial charge in [-0.25, -0.2) is 24.3 Å². The topological polar surface area (TPSA) is 64.5 Å². The minimum absolute atomic E-state index is 0.285. The summed E-state index contributed by atoms with van der Waals surface area (Å²) < 4.78 is 14.1. The molecule has 0 bridgehead atoms. The van der Waals surface area contributed by atoms with Gasteiger partial charge in [0.05, 0.1) is 16.6 Å². The first-order chi connectivity index (χ1) is 24.2. The molecule has 3 heterocycles. The Hall–Kier alpha value is -6.66. The summed E-state index contributed by atoms with van der Waals surface area (Å²) in [5.74, 6) is 1.57. The zero-order valence-electron chi connectivity index (χ0n) is 26.1. The summed E-state index contributed by atoms with van der Waals surface area (Å²) in [7, 11) is 0. The van der Waals surface area contributed by atoms with Crippen LogP contribution in [0.4, 0.5) is 4.39 Å². The van der Waals surface area contributed by atoms with Crippen molar-refractivity contribution in [2.24, 2.45) is 0 Å². The number of fused-ring (bicyclic) bond motifs is 4. The number of hydrogen-bond donors (Lipinski definition) is 0. The summed E-state index contributed by atoms with van der Waals surface area (Å²) in [6, 6.07) is 49.6. The number of aromatic nitrogens is 5. The van der Waals surface area contributed by atoms with Crippen molar-refractivity contribution in [3.63, 3.8) is 0 Å². The first-order valence-corrected chi connectivity index (χ1v) is 16.0. The fourth-order valence-corrected chi connectivity index (χ4v) is 6.39. The maximum Gasteiger partial charge on any atom is 0.164 e. The zero-order chi connectivity index (χ0) is 32.7. The lowest BCUT2D eigenvalue weighted by Gasteiger charge is -2.13. The summed E-state index contributed by atoms with van der Waals surface area (Å²) >= 11 is 0. The van der Waals surface area contributed by atoms with Crippen LogP contribution in [0.1, 0.15) is 0 Å². The van der Waals surface area contributed by atoms with E-state index in [9.17, 15) is 4.39 Å². The molecule has 0 aliphatic heterocycles. The predicted molar refractivity (Wildman–Crippen MR) is 195 cm³/mol. The molecule has 0 atom stereocenters. The van der Waals surface area contributed by atoms with Crippen LogP contribution in [0.3, 0.4) is 0 Å². The van der Waals surface area contributed by atoms with E-state index in [0.717, 1.165) is 71.7 Å².